The van der Waals surface area contributed by atoms with Crippen LogP contribution in [0.4, 0.5) is 4.79 Å². The molecule has 6 nitrogen and oxygen atoms in total. The zero-order valence-corrected chi connectivity index (χ0v) is 10.2. The minimum absolute atomic E-state index is 0.211. The van der Waals surface area contributed by atoms with Gasteiger partial charge in [0.2, 0.25) is 0 Å². The van der Waals surface area contributed by atoms with E-state index in [-0.39, 0.29) is 12.0 Å². The van der Waals surface area contributed by atoms with E-state index in [9.17, 15) is 9.59 Å². The van der Waals surface area contributed by atoms with Crippen molar-refractivity contribution in [2.45, 2.75) is 32.8 Å². The molecule has 1 rings (SSSR count). The first kappa shape index (κ1) is 13.8. The number of urea groups is 1. The van der Waals surface area contributed by atoms with E-state index in [2.05, 4.69) is 24.5 Å². The summed E-state index contributed by atoms with van der Waals surface area (Å²) in [6.45, 7) is 4.57. The van der Waals surface area contributed by atoms with Crippen LogP contribution < -0.4 is 10.6 Å². The summed E-state index contributed by atoms with van der Waals surface area (Å²) in [6, 6.07) is -0.433. The molecule has 1 saturated carbocycles. The van der Waals surface area contributed by atoms with Crippen molar-refractivity contribution in [3.8, 4) is 0 Å². The average molecular weight is 244 g/mol. The van der Waals surface area contributed by atoms with E-state index in [0.29, 0.717) is 12.5 Å². The van der Waals surface area contributed by atoms with Gasteiger partial charge in [0.05, 0.1) is 6.54 Å². The van der Waals surface area contributed by atoms with E-state index in [1.165, 1.54) is 0 Å². The van der Waals surface area contributed by atoms with Gasteiger partial charge >= 0.3 is 12.0 Å². The molecule has 0 bridgehead atoms. The van der Waals surface area contributed by atoms with Crippen LogP contribution in [0.1, 0.15) is 26.7 Å². The molecule has 0 aromatic carbocycles. The number of aliphatic hydroxyl groups is 1. The van der Waals surface area contributed by atoms with Crippen LogP contribution in [0.5, 0.6) is 0 Å². The van der Waals surface area contributed by atoms with Gasteiger partial charge in [-0.15, -0.1) is 0 Å². The molecule has 0 radical (unpaired) electrons. The van der Waals surface area contributed by atoms with Crippen molar-refractivity contribution in [1.82, 2.24) is 10.6 Å². The fourth-order valence-corrected chi connectivity index (χ4v) is 1.71. The number of carbonyl (C=O) groups is 2. The van der Waals surface area contributed by atoms with Gasteiger partial charge in [0.25, 0.3) is 0 Å². The lowest BCUT2D eigenvalue weighted by Crippen LogP contribution is -2.44. The highest BCUT2D eigenvalue weighted by Gasteiger charge is 2.45. The van der Waals surface area contributed by atoms with Gasteiger partial charge in [0, 0.05) is 6.54 Å². The molecule has 0 aliphatic heterocycles. The maximum atomic E-state index is 11.3. The Hall–Kier alpha value is -1.30. The van der Waals surface area contributed by atoms with Crippen molar-refractivity contribution in [3.05, 3.63) is 0 Å². The zero-order chi connectivity index (χ0) is 13.1. The van der Waals surface area contributed by atoms with Crippen molar-refractivity contribution in [2.75, 3.05) is 13.1 Å². The molecule has 0 heterocycles. The van der Waals surface area contributed by atoms with Gasteiger partial charge in [0.1, 0.15) is 0 Å². The number of carbonyl (C=O) groups excluding carboxylic acids is 1. The molecular weight excluding hydrogens is 224 g/mol. The third kappa shape index (κ3) is 3.89. The molecule has 0 spiro atoms. The lowest BCUT2D eigenvalue weighted by Gasteiger charge is -2.20. The lowest BCUT2D eigenvalue weighted by atomic mass is 9.92. The monoisotopic (exact) mass is 244 g/mol. The molecule has 98 valence electrons. The Morgan fingerprint density at radius 3 is 2.29 bits per heavy atom. The summed E-state index contributed by atoms with van der Waals surface area (Å²) < 4.78 is 0. The normalized spacial score (nSPS) is 18.6. The summed E-state index contributed by atoms with van der Waals surface area (Å²) in [4.78, 5) is 21.6. The molecule has 1 aliphatic rings. The maximum absolute atomic E-state index is 11.3. The van der Waals surface area contributed by atoms with Gasteiger partial charge in [-0.3, -0.25) is 0 Å². The van der Waals surface area contributed by atoms with Crippen LogP contribution in [0.15, 0.2) is 0 Å². The van der Waals surface area contributed by atoms with E-state index in [0.717, 1.165) is 12.8 Å². The third-order valence-electron chi connectivity index (χ3n) is 3.46. The molecule has 6 heteroatoms. The van der Waals surface area contributed by atoms with Crippen LogP contribution >= 0.6 is 0 Å². The standard InChI is InChI=1S/C11H20N2O4/c1-7(2)11(3-4-11)6-13-10(17)12-5-8(14)9(15)16/h7-8,14H,3-6H2,1-2H3,(H,15,16)(H2,12,13,17). The molecule has 0 aromatic rings. The number of rotatable bonds is 6. The first-order chi connectivity index (χ1) is 7.87. The molecular formula is C11H20N2O4. The van der Waals surface area contributed by atoms with Gasteiger partial charge < -0.3 is 20.8 Å². The smallest absolute Gasteiger partial charge is 0.334 e. The molecule has 17 heavy (non-hydrogen) atoms. The number of aliphatic carboxylic acids is 1. The summed E-state index contributed by atoms with van der Waals surface area (Å²) in [5.74, 6) is -0.821. The first-order valence-electron chi connectivity index (χ1n) is 5.80. The molecule has 1 aliphatic carbocycles. The van der Waals surface area contributed by atoms with Crippen LogP contribution in [-0.2, 0) is 4.79 Å². The predicted octanol–water partition coefficient (Wildman–Crippen LogP) is 0.167. The van der Waals surface area contributed by atoms with Crippen LogP contribution in [-0.4, -0.2) is 41.4 Å². The summed E-state index contributed by atoms with van der Waals surface area (Å²) >= 11 is 0. The Balaban J connectivity index is 2.20. The second kappa shape index (κ2) is 5.35. The second-order valence-corrected chi connectivity index (χ2v) is 4.93. The number of carboxylic acids is 1. The Morgan fingerprint density at radius 2 is 1.88 bits per heavy atom. The highest BCUT2D eigenvalue weighted by atomic mass is 16.4. The minimum Gasteiger partial charge on any atom is -0.479 e. The molecule has 1 unspecified atom stereocenters. The summed E-state index contributed by atoms with van der Waals surface area (Å²) in [5.41, 5.74) is 0.211. The fraction of sp³-hybridized carbons (Fsp3) is 0.818. The quantitative estimate of drug-likeness (QED) is 0.535. The van der Waals surface area contributed by atoms with Gasteiger partial charge in [-0.1, -0.05) is 13.8 Å². The molecule has 0 aromatic heterocycles. The fourth-order valence-electron chi connectivity index (χ4n) is 1.71. The van der Waals surface area contributed by atoms with Gasteiger partial charge in [0.15, 0.2) is 6.10 Å². The number of carboxylic acid groups (broad SMARTS) is 1. The van der Waals surface area contributed by atoms with Crippen molar-refractivity contribution in [1.29, 1.82) is 0 Å². The molecule has 2 amide bonds. The van der Waals surface area contributed by atoms with Crippen molar-refractivity contribution in [3.63, 3.8) is 0 Å². The molecule has 1 fully saturated rings. The summed E-state index contributed by atoms with van der Waals surface area (Å²) in [7, 11) is 0. The Bertz CT molecular complexity index is 300. The number of amides is 2. The largest absolute Gasteiger partial charge is 0.479 e. The van der Waals surface area contributed by atoms with Crippen LogP contribution in [0.2, 0.25) is 0 Å². The third-order valence-corrected chi connectivity index (χ3v) is 3.46. The highest BCUT2D eigenvalue weighted by Crippen LogP contribution is 2.51. The first-order valence-corrected chi connectivity index (χ1v) is 5.80. The van der Waals surface area contributed by atoms with E-state index >= 15 is 0 Å². The topological polar surface area (TPSA) is 98.7 Å². The van der Waals surface area contributed by atoms with Crippen molar-refractivity contribution in [2.24, 2.45) is 11.3 Å². The Labute approximate surface area is 100 Å². The number of aliphatic hydroxyl groups excluding tert-OH is 1. The highest BCUT2D eigenvalue weighted by molar-refractivity contribution is 5.76. The van der Waals surface area contributed by atoms with Crippen LogP contribution in [0.3, 0.4) is 0 Å². The van der Waals surface area contributed by atoms with E-state index < -0.39 is 18.1 Å². The van der Waals surface area contributed by atoms with Gasteiger partial charge in [-0.05, 0) is 24.2 Å². The summed E-state index contributed by atoms with van der Waals surface area (Å²) in [5, 5.41) is 22.4. The van der Waals surface area contributed by atoms with Gasteiger partial charge in [-0.25, -0.2) is 9.59 Å². The maximum Gasteiger partial charge on any atom is 0.334 e. The molecule has 4 N–H and O–H groups in total. The second-order valence-electron chi connectivity index (χ2n) is 4.93. The van der Waals surface area contributed by atoms with Crippen LogP contribution in [0.25, 0.3) is 0 Å². The Kier molecular flexibility index (Phi) is 4.34. The number of hydrogen-bond acceptors (Lipinski definition) is 3. The van der Waals surface area contributed by atoms with Gasteiger partial charge in [-0.2, -0.15) is 0 Å². The predicted molar refractivity (Wildman–Crippen MR) is 61.5 cm³/mol. The average Bonchev–Trinajstić information content (AvgIpc) is 3.03. The number of nitrogens with one attached hydrogen (secondary N) is 2. The van der Waals surface area contributed by atoms with E-state index in [4.69, 9.17) is 10.2 Å². The van der Waals surface area contributed by atoms with E-state index in [1.807, 2.05) is 0 Å². The van der Waals surface area contributed by atoms with Crippen LogP contribution in [0, 0.1) is 11.3 Å². The van der Waals surface area contributed by atoms with Crippen molar-refractivity contribution < 1.29 is 19.8 Å². The lowest BCUT2D eigenvalue weighted by molar-refractivity contribution is -0.146. The zero-order valence-electron chi connectivity index (χ0n) is 10.2. The van der Waals surface area contributed by atoms with E-state index in [1.54, 1.807) is 0 Å². The Morgan fingerprint density at radius 1 is 1.29 bits per heavy atom. The summed E-state index contributed by atoms with van der Waals surface area (Å²) in [6.07, 6.45) is 0.673. The SMILES string of the molecule is CC(C)C1(CNC(=O)NCC(O)C(=O)O)CC1. The molecule has 1 atom stereocenters. The number of hydrogen-bond donors (Lipinski definition) is 4. The van der Waals surface area contributed by atoms with Crippen molar-refractivity contribution >= 4 is 12.0 Å². The minimum atomic E-state index is -1.55. The molecule has 0 saturated heterocycles.